The minimum Gasteiger partial charge on any atom is -0.315 e. The van der Waals surface area contributed by atoms with Crippen molar-refractivity contribution in [2.24, 2.45) is 27.1 Å². The third kappa shape index (κ3) is 3.97. The molecule has 1 aromatic carbocycles. The van der Waals surface area contributed by atoms with E-state index in [0.29, 0.717) is 0 Å². The smallest absolute Gasteiger partial charge is 0.100 e. The molecule has 3 atom stereocenters. The van der Waals surface area contributed by atoms with Crippen LogP contribution in [0.25, 0.3) is 0 Å². The lowest BCUT2D eigenvalue weighted by molar-refractivity contribution is 0.0629. The number of nitrogens with one attached hydrogen (secondary N) is 1. The van der Waals surface area contributed by atoms with Gasteiger partial charge in [-0.1, -0.05) is 50.3 Å². The number of benzene rings is 1. The maximum atomic E-state index is 6.46. The van der Waals surface area contributed by atoms with Crippen molar-refractivity contribution in [1.29, 1.82) is 0 Å². The third-order valence-electron chi connectivity index (χ3n) is 5.49. The molecular formula is C18H29N5. The highest BCUT2D eigenvalue weighted by Crippen LogP contribution is 2.43. The molecule has 1 aliphatic heterocycles. The number of rotatable bonds is 2. The van der Waals surface area contributed by atoms with E-state index in [0.717, 1.165) is 12.1 Å². The van der Waals surface area contributed by atoms with E-state index < -0.39 is 0 Å². The number of azo groups is 1. The molecule has 126 valence electrons. The Morgan fingerprint density at radius 2 is 1.61 bits per heavy atom. The monoisotopic (exact) mass is 315 g/mol. The minimum absolute atomic E-state index is 0.00515. The number of nitrogens with two attached hydrogens (primary N) is 2. The van der Waals surface area contributed by atoms with E-state index >= 15 is 0 Å². The molecule has 1 spiro atoms. The van der Waals surface area contributed by atoms with Crippen LogP contribution in [0, 0.1) is 5.41 Å². The first-order valence-corrected chi connectivity index (χ1v) is 8.93. The zero-order valence-corrected chi connectivity index (χ0v) is 13.8. The molecule has 2 fully saturated rings. The molecule has 0 bridgehead atoms. The highest BCUT2D eigenvalue weighted by molar-refractivity contribution is 5.34. The maximum Gasteiger partial charge on any atom is 0.100 e. The maximum absolute atomic E-state index is 6.46. The number of hydrogen-bond donors (Lipinski definition) is 3. The van der Waals surface area contributed by atoms with E-state index in [1.54, 1.807) is 0 Å². The van der Waals surface area contributed by atoms with Crippen molar-refractivity contribution in [2.45, 2.75) is 69.7 Å². The molecule has 1 saturated carbocycles. The van der Waals surface area contributed by atoms with E-state index in [-0.39, 0.29) is 23.8 Å². The van der Waals surface area contributed by atoms with Crippen LogP contribution in [0.2, 0.25) is 0 Å². The minimum atomic E-state index is -0.214. The van der Waals surface area contributed by atoms with Gasteiger partial charge >= 0.3 is 0 Å². The van der Waals surface area contributed by atoms with Crippen LogP contribution in [0.15, 0.2) is 40.6 Å². The summed E-state index contributed by atoms with van der Waals surface area (Å²) >= 11 is 0. The van der Waals surface area contributed by atoms with Gasteiger partial charge in [0.25, 0.3) is 0 Å². The van der Waals surface area contributed by atoms with Crippen molar-refractivity contribution >= 4 is 5.69 Å². The van der Waals surface area contributed by atoms with Gasteiger partial charge in [0.15, 0.2) is 0 Å². The Morgan fingerprint density at radius 3 is 2.30 bits per heavy atom. The fourth-order valence-electron chi connectivity index (χ4n) is 4.04. The Hall–Kier alpha value is -1.30. The van der Waals surface area contributed by atoms with Crippen molar-refractivity contribution in [3.8, 4) is 0 Å². The van der Waals surface area contributed by atoms with Crippen LogP contribution < -0.4 is 16.8 Å². The number of nitrogens with zero attached hydrogens (tertiary/aromatic N) is 2. The molecule has 5 nitrogen and oxygen atoms in total. The molecule has 0 aromatic heterocycles. The van der Waals surface area contributed by atoms with Crippen molar-refractivity contribution in [3.05, 3.63) is 30.3 Å². The lowest BCUT2D eigenvalue weighted by atomic mass is 9.68. The largest absolute Gasteiger partial charge is 0.315 e. The Morgan fingerprint density at radius 1 is 0.957 bits per heavy atom. The van der Waals surface area contributed by atoms with E-state index in [1.807, 2.05) is 30.3 Å². The molecule has 5 N–H and O–H groups in total. The molecule has 0 amide bonds. The molecule has 3 unspecified atom stereocenters. The second-order valence-corrected chi connectivity index (χ2v) is 7.12. The predicted molar refractivity (Wildman–Crippen MR) is 93.2 cm³/mol. The molecular weight excluding hydrogens is 286 g/mol. The van der Waals surface area contributed by atoms with Crippen LogP contribution in [-0.4, -0.2) is 18.4 Å². The Labute approximate surface area is 138 Å². The van der Waals surface area contributed by atoms with Gasteiger partial charge in [-0.2, -0.15) is 10.2 Å². The van der Waals surface area contributed by atoms with E-state index in [4.69, 9.17) is 11.5 Å². The summed E-state index contributed by atoms with van der Waals surface area (Å²) in [6, 6.07) is 9.84. The fourth-order valence-corrected chi connectivity index (χ4v) is 4.04. The molecule has 5 heteroatoms. The second kappa shape index (κ2) is 7.51. The third-order valence-corrected chi connectivity index (χ3v) is 5.49. The Balaban J connectivity index is 1.74. The van der Waals surface area contributed by atoms with Gasteiger partial charge in [0, 0.05) is 5.41 Å². The van der Waals surface area contributed by atoms with Gasteiger partial charge in [-0.3, -0.25) is 5.32 Å². The quantitative estimate of drug-likeness (QED) is 0.730. The summed E-state index contributed by atoms with van der Waals surface area (Å²) in [5.74, 6) is 0. The van der Waals surface area contributed by atoms with Gasteiger partial charge in [0.1, 0.15) is 6.04 Å². The first-order valence-electron chi connectivity index (χ1n) is 8.93. The highest BCUT2D eigenvalue weighted by Gasteiger charge is 2.44. The molecule has 1 saturated heterocycles. The van der Waals surface area contributed by atoms with Crippen LogP contribution in [0.3, 0.4) is 0 Å². The Kier molecular flexibility index (Phi) is 5.41. The van der Waals surface area contributed by atoms with E-state index in [1.165, 1.54) is 44.9 Å². The van der Waals surface area contributed by atoms with Crippen LogP contribution in [0.4, 0.5) is 5.69 Å². The molecule has 2 aliphatic rings. The highest BCUT2D eigenvalue weighted by atomic mass is 15.2. The lowest BCUT2D eigenvalue weighted by Crippen LogP contribution is -2.66. The summed E-state index contributed by atoms with van der Waals surface area (Å²) in [6.07, 6.45) is 9.55. The summed E-state index contributed by atoms with van der Waals surface area (Å²) in [5.41, 5.74) is 13.7. The summed E-state index contributed by atoms with van der Waals surface area (Å²) < 4.78 is 0. The van der Waals surface area contributed by atoms with Gasteiger partial charge in [-0.25, -0.2) is 0 Å². The van der Waals surface area contributed by atoms with E-state index in [2.05, 4.69) is 15.5 Å². The van der Waals surface area contributed by atoms with Crippen molar-refractivity contribution in [2.75, 3.05) is 0 Å². The second-order valence-electron chi connectivity index (χ2n) is 7.12. The average molecular weight is 315 g/mol. The average Bonchev–Trinajstić information content (AvgIpc) is 2.53. The summed E-state index contributed by atoms with van der Waals surface area (Å²) in [5, 5.41) is 12.3. The molecule has 1 aliphatic carbocycles. The standard InChI is InChI=1S/C18H29N5/c19-16-15(23-22-14-9-5-4-6-10-14)13-18(17(20)21-16)11-7-2-1-3-8-12-18/h4-6,9-10,15-17,21H,1-3,7-8,11-13,19-20H2. The van der Waals surface area contributed by atoms with Crippen LogP contribution >= 0.6 is 0 Å². The molecule has 0 radical (unpaired) electrons. The summed E-state index contributed by atoms with van der Waals surface area (Å²) in [6.45, 7) is 0. The molecule has 23 heavy (non-hydrogen) atoms. The van der Waals surface area contributed by atoms with Gasteiger partial charge < -0.3 is 11.5 Å². The first kappa shape index (κ1) is 16.6. The van der Waals surface area contributed by atoms with Gasteiger partial charge in [0.05, 0.1) is 18.0 Å². The van der Waals surface area contributed by atoms with Crippen molar-refractivity contribution in [3.63, 3.8) is 0 Å². The van der Waals surface area contributed by atoms with Gasteiger partial charge in [-0.15, -0.1) is 0 Å². The number of piperidine rings is 1. The fraction of sp³-hybridized carbons (Fsp3) is 0.667. The SMILES string of the molecule is NC1NC(N)C2(CCCCCCC2)CC1N=Nc1ccccc1. The van der Waals surface area contributed by atoms with Crippen LogP contribution in [-0.2, 0) is 0 Å². The topological polar surface area (TPSA) is 88.8 Å². The number of hydrogen-bond acceptors (Lipinski definition) is 5. The van der Waals surface area contributed by atoms with Crippen LogP contribution in [0.5, 0.6) is 0 Å². The zero-order chi connectivity index (χ0) is 16.1. The van der Waals surface area contributed by atoms with E-state index in [9.17, 15) is 0 Å². The zero-order valence-electron chi connectivity index (χ0n) is 13.8. The summed E-state index contributed by atoms with van der Waals surface area (Å²) in [4.78, 5) is 0. The lowest BCUT2D eigenvalue weighted by Gasteiger charge is -2.48. The predicted octanol–water partition coefficient (Wildman–Crippen LogP) is 3.43. The van der Waals surface area contributed by atoms with Crippen LogP contribution in [0.1, 0.15) is 51.4 Å². The molecule has 1 aromatic rings. The molecule has 1 heterocycles. The Bertz CT molecular complexity index is 507. The van der Waals surface area contributed by atoms with Gasteiger partial charge in [-0.05, 0) is 31.4 Å². The van der Waals surface area contributed by atoms with Crippen molar-refractivity contribution in [1.82, 2.24) is 5.32 Å². The van der Waals surface area contributed by atoms with Gasteiger partial charge in [0.2, 0.25) is 0 Å². The summed E-state index contributed by atoms with van der Waals surface area (Å²) in [7, 11) is 0. The normalized spacial score (nSPS) is 31.8. The molecule has 3 rings (SSSR count). The first-order chi connectivity index (χ1) is 11.2. The van der Waals surface area contributed by atoms with Crippen molar-refractivity contribution < 1.29 is 0 Å².